The van der Waals surface area contributed by atoms with Crippen molar-refractivity contribution in [2.45, 2.75) is 13.0 Å². The highest BCUT2D eigenvalue weighted by molar-refractivity contribution is 5.72. The maximum Gasteiger partial charge on any atom is 0.309 e. The van der Waals surface area contributed by atoms with Gasteiger partial charge in [0.2, 0.25) is 0 Å². The maximum atomic E-state index is 11.1. The minimum absolute atomic E-state index is 0.198. The number of morpholine rings is 1. The molecule has 0 N–H and O–H groups in total. The van der Waals surface area contributed by atoms with Crippen molar-refractivity contribution in [2.24, 2.45) is 0 Å². The van der Waals surface area contributed by atoms with E-state index >= 15 is 0 Å². The van der Waals surface area contributed by atoms with Gasteiger partial charge in [-0.05, 0) is 11.1 Å². The van der Waals surface area contributed by atoms with Crippen LogP contribution in [-0.2, 0) is 27.2 Å². The maximum absolute atomic E-state index is 11.1. The van der Waals surface area contributed by atoms with Gasteiger partial charge in [0.25, 0.3) is 0 Å². The van der Waals surface area contributed by atoms with Crippen LogP contribution in [0.15, 0.2) is 24.3 Å². The van der Waals surface area contributed by atoms with Gasteiger partial charge in [0.05, 0.1) is 26.7 Å². The molecule has 4 nitrogen and oxygen atoms in total. The highest BCUT2D eigenvalue weighted by atomic mass is 16.5. The van der Waals surface area contributed by atoms with Crippen molar-refractivity contribution in [3.63, 3.8) is 0 Å². The number of hydrogen-bond donors (Lipinski definition) is 0. The van der Waals surface area contributed by atoms with Gasteiger partial charge < -0.3 is 9.47 Å². The zero-order valence-corrected chi connectivity index (χ0v) is 10.7. The third-order valence-electron chi connectivity index (χ3n) is 3.11. The standard InChI is InChI=1S/C14H19NO3/c1-17-14(16)10-12-2-4-13(5-3-12)11-15-6-8-18-9-7-15/h2-5H,6-11H2,1H3. The lowest BCUT2D eigenvalue weighted by Crippen LogP contribution is -2.35. The first-order chi connectivity index (χ1) is 8.78. The van der Waals surface area contributed by atoms with Crippen molar-refractivity contribution in [1.29, 1.82) is 0 Å². The van der Waals surface area contributed by atoms with Gasteiger partial charge in [-0.3, -0.25) is 9.69 Å². The molecule has 1 aromatic carbocycles. The number of esters is 1. The van der Waals surface area contributed by atoms with E-state index in [4.69, 9.17) is 4.74 Å². The van der Waals surface area contributed by atoms with E-state index < -0.39 is 0 Å². The molecule has 1 aromatic rings. The van der Waals surface area contributed by atoms with Crippen molar-refractivity contribution in [3.05, 3.63) is 35.4 Å². The van der Waals surface area contributed by atoms with Gasteiger partial charge in [0.1, 0.15) is 0 Å². The molecule has 98 valence electrons. The Morgan fingerprint density at radius 1 is 1.22 bits per heavy atom. The van der Waals surface area contributed by atoms with Crippen molar-refractivity contribution >= 4 is 5.97 Å². The van der Waals surface area contributed by atoms with Crippen LogP contribution in [0.3, 0.4) is 0 Å². The molecule has 0 spiro atoms. The Bertz CT molecular complexity index is 383. The summed E-state index contributed by atoms with van der Waals surface area (Å²) in [7, 11) is 1.41. The molecule has 0 unspecified atom stereocenters. The van der Waals surface area contributed by atoms with Crippen molar-refractivity contribution < 1.29 is 14.3 Å². The molecule has 0 atom stereocenters. The van der Waals surface area contributed by atoms with Crippen LogP contribution >= 0.6 is 0 Å². The topological polar surface area (TPSA) is 38.8 Å². The van der Waals surface area contributed by atoms with E-state index in [2.05, 4.69) is 21.8 Å². The quantitative estimate of drug-likeness (QED) is 0.752. The van der Waals surface area contributed by atoms with E-state index in [0.29, 0.717) is 6.42 Å². The molecule has 0 aliphatic carbocycles. The van der Waals surface area contributed by atoms with Crippen LogP contribution in [0.1, 0.15) is 11.1 Å². The molecule has 1 heterocycles. The first-order valence-corrected chi connectivity index (χ1v) is 6.22. The third kappa shape index (κ3) is 3.82. The van der Waals surface area contributed by atoms with E-state index in [1.807, 2.05) is 12.1 Å². The summed E-state index contributed by atoms with van der Waals surface area (Å²) in [4.78, 5) is 13.5. The Kier molecular flexibility index (Phi) is 4.73. The highest BCUT2D eigenvalue weighted by Crippen LogP contribution is 2.10. The van der Waals surface area contributed by atoms with E-state index in [9.17, 15) is 4.79 Å². The lowest BCUT2D eigenvalue weighted by molar-refractivity contribution is -0.139. The van der Waals surface area contributed by atoms with E-state index in [0.717, 1.165) is 38.4 Å². The Labute approximate surface area is 107 Å². The molecule has 0 amide bonds. The second-order valence-electron chi connectivity index (χ2n) is 4.46. The van der Waals surface area contributed by atoms with Crippen LogP contribution in [0.25, 0.3) is 0 Å². The fourth-order valence-electron chi connectivity index (χ4n) is 2.02. The number of benzene rings is 1. The molecule has 1 aliphatic rings. The summed E-state index contributed by atoms with van der Waals surface area (Å²) in [6.45, 7) is 4.57. The molecule has 4 heteroatoms. The second-order valence-corrected chi connectivity index (χ2v) is 4.46. The number of ether oxygens (including phenoxy) is 2. The lowest BCUT2D eigenvalue weighted by atomic mass is 10.1. The summed E-state index contributed by atoms with van der Waals surface area (Å²) in [5, 5.41) is 0. The normalized spacial score (nSPS) is 16.5. The summed E-state index contributed by atoms with van der Waals surface area (Å²) in [5.41, 5.74) is 2.26. The van der Waals surface area contributed by atoms with Crippen LogP contribution in [0.5, 0.6) is 0 Å². The van der Waals surface area contributed by atoms with Gasteiger partial charge in [-0.1, -0.05) is 24.3 Å². The first kappa shape index (κ1) is 13.1. The Morgan fingerprint density at radius 2 is 1.83 bits per heavy atom. The fourth-order valence-corrected chi connectivity index (χ4v) is 2.02. The summed E-state index contributed by atoms with van der Waals surface area (Å²) in [6.07, 6.45) is 0.342. The van der Waals surface area contributed by atoms with Crippen molar-refractivity contribution in [1.82, 2.24) is 4.90 Å². The zero-order chi connectivity index (χ0) is 12.8. The minimum atomic E-state index is -0.198. The van der Waals surface area contributed by atoms with Crippen LogP contribution in [0.4, 0.5) is 0 Å². The van der Waals surface area contributed by atoms with E-state index in [1.165, 1.54) is 12.7 Å². The van der Waals surface area contributed by atoms with Gasteiger partial charge in [0, 0.05) is 19.6 Å². The Hall–Kier alpha value is -1.39. The number of methoxy groups -OCH3 is 1. The van der Waals surface area contributed by atoms with Crippen LogP contribution in [0.2, 0.25) is 0 Å². The molecule has 2 rings (SSSR count). The molecule has 0 bridgehead atoms. The number of rotatable bonds is 4. The smallest absolute Gasteiger partial charge is 0.309 e. The van der Waals surface area contributed by atoms with Gasteiger partial charge in [-0.25, -0.2) is 0 Å². The molecular formula is C14H19NO3. The largest absolute Gasteiger partial charge is 0.469 e. The molecule has 0 saturated carbocycles. The average molecular weight is 249 g/mol. The lowest BCUT2D eigenvalue weighted by Gasteiger charge is -2.26. The summed E-state index contributed by atoms with van der Waals surface area (Å²) in [6, 6.07) is 8.14. The summed E-state index contributed by atoms with van der Waals surface area (Å²) < 4.78 is 9.96. The van der Waals surface area contributed by atoms with Crippen LogP contribution < -0.4 is 0 Å². The molecule has 1 aliphatic heterocycles. The second kappa shape index (κ2) is 6.52. The number of nitrogens with zero attached hydrogens (tertiary/aromatic N) is 1. The Balaban J connectivity index is 1.88. The third-order valence-corrected chi connectivity index (χ3v) is 3.11. The van der Waals surface area contributed by atoms with Crippen molar-refractivity contribution in [2.75, 3.05) is 33.4 Å². The van der Waals surface area contributed by atoms with Gasteiger partial charge in [-0.15, -0.1) is 0 Å². The predicted molar refractivity (Wildman–Crippen MR) is 68.3 cm³/mol. The highest BCUT2D eigenvalue weighted by Gasteiger charge is 2.10. The van der Waals surface area contributed by atoms with E-state index in [-0.39, 0.29) is 5.97 Å². The SMILES string of the molecule is COC(=O)Cc1ccc(CN2CCOCC2)cc1. The van der Waals surface area contributed by atoms with Crippen molar-refractivity contribution in [3.8, 4) is 0 Å². The van der Waals surface area contributed by atoms with Crippen LogP contribution in [0, 0.1) is 0 Å². The molecule has 18 heavy (non-hydrogen) atoms. The van der Waals surface area contributed by atoms with Gasteiger partial charge in [-0.2, -0.15) is 0 Å². The minimum Gasteiger partial charge on any atom is -0.469 e. The molecule has 0 radical (unpaired) electrons. The average Bonchev–Trinajstić information content (AvgIpc) is 2.42. The molecular weight excluding hydrogens is 230 g/mol. The monoisotopic (exact) mass is 249 g/mol. The first-order valence-electron chi connectivity index (χ1n) is 6.22. The van der Waals surface area contributed by atoms with Crippen LogP contribution in [-0.4, -0.2) is 44.3 Å². The predicted octanol–water partition coefficient (Wildman–Crippen LogP) is 1.23. The summed E-state index contributed by atoms with van der Waals surface area (Å²) in [5.74, 6) is -0.198. The van der Waals surface area contributed by atoms with Gasteiger partial charge in [0.15, 0.2) is 0 Å². The summed E-state index contributed by atoms with van der Waals surface area (Å²) >= 11 is 0. The molecule has 1 saturated heterocycles. The van der Waals surface area contributed by atoms with E-state index in [1.54, 1.807) is 0 Å². The Morgan fingerprint density at radius 3 is 2.44 bits per heavy atom. The number of carbonyl (C=O) groups is 1. The molecule has 0 aromatic heterocycles. The molecule has 1 fully saturated rings. The fraction of sp³-hybridized carbons (Fsp3) is 0.500. The van der Waals surface area contributed by atoms with Gasteiger partial charge >= 0.3 is 5.97 Å². The number of carbonyl (C=O) groups excluding carboxylic acids is 1. The zero-order valence-electron chi connectivity index (χ0n) is 10.7. The number of hydrogen-bond acceptors (Lipinski definition) is 4.